The normalized spacial score (nSPS) is 13.0. The number of nitrogens with zero attached hydrogens (tertiary/aromatic N) is 4. The molecule has 2 aromatic rings. The van der Waals surface area contributed by atoms with Gasteiger partial charge in [-0.05, 0) is 50.1 Å². The predicted octanol–water partition coefficient (Wildman–Crippen LogP) is 3.09. The van der Waals surface area contributed by atoms with Crippen molar-refractivity contribution in [2.24, 2.45) is 0 Å². The molecular weight excluding hydrogens is 328 g/mol. The molecule has 1 aromatic carbocycles. The Hall–Kier alpha value is -2.89. The van der Waals surface area contributed by atoms with Crippen LogP contribution in [0, 0.1) is 0 Å². The fourth-order valence-corrected chi connectivity index (χ4v) is 3.21. The smallest absolute Gasteiger partial charge is 0.250 e. The van der Waals surface area contributed by atoms with E-state index in [1.54, 1.807) is 22.9 Å². The zero-order valence-corrected chi connectivity index (χ0v) is 15.5. The molecule has 0 radical (unpaired) electrons. The fourth-order valence-electron chi connectivity index (χ4n) is 3.21. The molecule has 0 spiro atoms. The number of benzene rings is 1. The van der Waals surface area contributed by atoms with Crippen molar-refractivity contribution in [1.29, 1.82) is 0 Å². The Morgan fingerprint density at radius 3 is 2.77 bits per heavy atom. The van der Waals surface area contributed by atoms with Crippen LogP contribution >= 0.6 is 0 Å². The first-order valence-electron chi connectivity index (χ1n) is 8.78. The summed E-state index contributed by atoms with van der Waals surface area (Å²) in [5.41, 5.74) is 3.77. The monoisotopic (exact) mass is 352 g/mol. The zero-order chi connectivity index (χ0) is 18.8. The van der Waals surface area contributed by atoms with Crippen LogP contribution < -0.4 is 9.80 Å². The van der Waals surface area contributed by atoms with E-state index in [0.717, 1.165) is 28.9 Å². The lowest BCUT2D eigenvalue weighted by Gasteiger charge is -2.22. The summed E-state index contributed by atoms with van der Waals surface area (Å²) in [6, 6.07) is 6.06. The standard InChI is InChI=1S/C20H24N4O2/c1-5-20(26)23(12-16-11-21-24(13-16)14(2)3)18-6-7-19-17(10-18)8-9-22(19)15(4)25/h5-7,10-11,13-14H,1,8-9,12H2,2-4H3. The van der Waals surface area contributed by atoms with Crippen molar-refractivity contribution in [3.05, 3.63) is 54.4 Å². The average molecular weight is 352 g/mol. The molecule has 0 atom stereocenters. The van der Waals surface area contributed by atoms with Crippen molar-refractivity contribution in [1.82, 2.24) is 9.78 Å². The molecule has 26 heavy (non-hydrogen) atoms. The van der Waals surface area contributed by atoms with E-state index in [1.165, 1.54) is 6.08 Å². The van der Waals surface area contributed by atoms with E-state index < -0.39 is 0 Å². The molecule has 0 saturated heterocycles. The number of amides is 2. The lowest BCUT2D eigenvalue weighted by molar-refractivity contribution is -0.116. The van der Waals surface area contributed by atoms with Gasteiger partial charge in [-0.25, -0.2) is 0 Å². The molecule has 2 heterocycles. The lowest BCUT2D eigenvalue weighted by Crippen LogP contribution is -2.28. The van der Waals surface area contributed by atoms with Gasteiger partial charge in [0.05, 0.1) is 12.7 Å². The third kappa shape index (κ3) is 3.40. The minimum absolute atomic E-state index is 0.0385. The number of hydrogen-bond donors (Lipinski definition) is 0. The van der Waals surface area contributed by atoms with Gasteiger partial charge in [0.15, 0.2) is 0 Å². The quantitative estimate of drug-likeness (QED) is 0.777. The summed E-state index contributed by atoms with van der Waals surface area (Å²) < 4.78 is 1.87. The van der Waals surface area contributed by atoms with E-state index in [1.807, 2.05) is 29.1 Å². The molecule has 1 aliphatic heterocycles. The van der Waals surface area contributed by atoms with E-state index in [-0.39, 0.29) is 17.9 Å². The predicted molar refractivity (Wildman–Crippen MR) is 102 cm³/mol. The average Bonchev–Trinajstić information content (AvgIpc) is 3.25. The topological polar surface area (TPSA) is 58.4 Å². The number of rotatable bonds is 5. The largest absolute Gasteiger partial charge is 0.312 e. The van der Waals surface area contributed by atoms with Crippen molar-refractivity contribution in [3.63, 3.8) is 0 Å². The summed E-state index contributed by atoms with van der Waals surface area (Å²) in [7, 11) is 0. The van der Waals surface area contributed by atoms with E-state index in [9.17, 15) is 9.59 Å². The van der Waals surface area contributed by atoms with Crippen LogP contribution in [0.3, 0.4) is 0 Å². The highest BCUT2D eigenvalue weighted by atomic mass is 16.2. The van der Waals surface area contributed by atoms with Gasteiger partial charge >= 0.3 is 0 Å². The van der Waals surface area contributed by atoms with Crippen LogP contribution in [-0.2, 0) is 22.6 Å². The highest BCUT2D eigenvalue weighted by Gasteiger charge is 2.24. The van der Waals surface area contributed by atoms with Gasteiger partial charge in [-0.3, -0.25) is 14.3 Å². The van der Waals surface area contributed by atoms with E-state index in [0.29, 0.717) is 13.1 Å². The summed E-state index contributed by atoms with van der Waals surface area (Å²) in [4.78, 5) is 27.6. The molecule has 2 amide bonds. The highest BCUT2D eigenvalue weighted by molar-refractivity contribution is 6.01. The van der Waals surface area contributed by atoms with Gasteiger partial charge < -0.3 is 9.80 Å². The van der Waals surface area contributed by atoms with Crippen LogP contribution in [0.2, 0.25) is 0 Å². The zero-order valence-electron chi connectivity index (χ0n) is 15.5. The molecule has 6 nitrogen and oxygen atoms in total. The van der Waals surface area contributed by atoms with Gasteiger partial charge in [-0.2, -0.15) is 5.10 Å². The van der Waals surface area contributed by atoms with Crippen molar-refractivity contribution in [2.75, 3.05) is 16.3 Å². The fraction of sp³-hybridized carbons (Fsp3) is 0.350. The summed E-state index contributed by atoms with van der Waals surface area (Å²) in [5.74, 6) is -0.125. The summed E-state index contributed by atoms with van der Waals surface area (Å²) >= 11 is 0. The summed E-state index contributed by atoms with van der Waals surface area (Å²) in [5, 5.41) is 4.34. The second kappa shape index (κ2) is 7.15. The highest BCUT2D eigenvalue weighted by Crippen LogP contribution is 2.32. The number of fused-ring (bicyclic) bond motifs is 1. The minimum atomic E-state index is -0.163. The molecule has 1 aliphatic rings. The van der Waals surface area contributed by atoms with E-state index in [2.05, 4.69) is 25.5 Å². The first-order valence-corrected chi connectivity index (χ1v) is 8.78. The number of carbonyl (C=O) groups is 2. The van der Waals surface area contributed by atoms with Gasteiger partial charge in [0.1, 0.15) is 0 Å². The Balaban J connectivity index is 1.90. The maximum absolute atomic E-state index is 12.4. The Morgan fingerprint density at radius 2 is 2.15 bits per heavy atom. The minimum Gasteiger partial charge on any atom is -0.312 e. The van der Waals surface area contributed by atoms with Crippen molar-refractivity contribution >= 4 is 23.2 Å². The van der Waals surface area contributed by atoms with Crippen LogP contribution in [0.4, 0.5) is 11.4 Å². The molecule has 6 heteroatoms. The second-order valence-corrected chi connectivity index (χ2v) is 6.78. The summed E-state index contributed by atoms with van der Waals surface area (Å²) in [6.45, 7) is 10.4. The SMILES string of the molecule is C=CC(=O)N(Cc1cnn(C(C)C)c1)c1ccc2c(c1)CCN2C(C)=O. The van der Waals surface area contributed by atoms with Crippen molar-refractivity contribution < 1.29 is 9.59 Å². The molecule has 0 unspecified atom stereocenters. The number of hydrogen-bond acceptors (Lipinski definition) is 3. The Kier molecular flexibility index (Phi) is 4.93. The van der Waals surface area contributed by atoms with Crippen LogP contribution in [0.25, 0.3) is 0 Å². The third-order valence-corrected chi connectivity index (χ3v) is 4.62. The molecule has 0 aliphatic carbocycles. The number of aromatic nitrogens is 2. The lowest BCUT2D eigenvalue weighted by atomic mass is 10.1. The Morgan fingerprint density at radius 1 is 1.38 bits per heavy atom. The number of anilines is 2. The van der Waals surface area contributed by atoms with Gasteiger partial charge in [-0.15, -0.1) is 0 Å². The van der Waals surface area contributed by atoms with Crippen molar-refractivity contribution in [2.45, 2.75) is 39.8 Å². The molecule has 136 valence electrons. The van der Waals surface area contributed by atoms with Crippen LogP contribution in [0.5, 0.6) is 0 Å². The second-order valence-electron chi connectivity index (χ2n) is 6.78. The third-order valence-electron chi connectivity index (χ3n) is 4.62. The van der Waals surface area contributed by atoms with Crippen LogP contribution in [0.15, 0.2) is 43.2 Å². The molecule has 1 aromatic heterocycles. The molecule has 0 saturated carbocycles. The maximum Gasteiger partial charge on any atom is 0.250 e. The summed E-state index contributed by atoms with van der Waals surface area (Å²) in [6.07, 6.45) is 5.86. The molecule has 0 fully saturated rings. The van der Waals surface area contributed by atoms with Crippen LogP contribution in [0.1, 0.15) is 37.9 Å². The first kappa shape index (κ1) is 17.9. The van der Waals surface area contributed by atoms with Crippen LogP contribution in [-0.4, -0.2) is 28.1 Å². The molecule has 0 bridgehead atoms. The first-order chi connectivity index (χ1) is 12.4. The Bertz CT molecular complexity index is 853. The Labute approximate surface area is 153 Å². The van der Waals surface area contributed by atoms with E-state index >= 15 is 0 Å². The van der Waals surface area contributed by atoms with Crippen molar-refractivity contribution in [3.8, 4) is 0 Å². The maximum atomic E-state index is 12.4. The molecular formula is C20H24N4O2. The van der Waals surface area contributed by atoms with Gasteiger partial charge in [0, 0.05) is 42.6 Å². The van der Waals surface area contributed by atoms with E-state index in [4.69, 9.17) is 0 Å². The molecule has 0 N–H and O–H groups in total. The number of carbonyl (C=O) groups excluding carboxylic acids is 2. The van der Waals surface area contributed by atoms with Gasteiger partial charge in [0.25, 0.3) is 5.91 Å². The van der Waals surface area contributed by atoms with Gasteiger partial charge in [-0.1, -0.05) is 6.58 Å². The van der Waals surface area contributed by atoms with Gasteiger partial charge in [0.2, 0.25) is 5.91 Å². The molecule has 3 rings (SSSR count).